The highest BCUT2D eigenvalue weighted by atomic mass is 19.1. The summed E-state index contributed by atoms with van der Waals surface area (Å²) in [4.78, 5) is 26.6. The maximum absolute atomic E-state index is 15.4. The molecule has 31 heavy (non-hydrogen) atoms. The van der Waals surface area contributed by atoms with Crippen molar-refractivity contribution in [3.8, 4) is 5.75 Å². The van der Waals surface area contributed by atoms with E-state index in [4.69, 9.17) is 10.5 Å². The van der Waals surface area contributed by atoms with E-state index in [1.54, 1.807) is 4.57 Å². The number of aromatic nitrogens is 1. The minimum Gasteiger partial charge on any atom is -0.492 e. The van der Waals surface area contributed by atoms with E-state index in [1.165, 1.54) is 7.11 Å². The van der Waals surface area contributed by atoms with Crippen molar-refractivity contribution in [1.29, 1.82) is 0 Å². The van der Waals surface area contributed by atoms with E-state index in [-0.39, 0.29) is 23.0 Å². The van der Waals surface area contributed by atoms with E-state index in [0.717, 1.165) is 31.9 Å². The topological polar surface area (TPSA) is 110 Å². The largest absolute Gasteiger partial charge is 0.492 e. The summed E-state index contributed by atoms with van der Waals surface area (Å²) in [7, 11) is 1.44. The molecule has 2 heterocycles. The zero-order chi connectivity index (χ0) is 22.4. The summed E-state index contributed by atoms with van der Waals surface area (Å²) in [6.07, 6.45) is 2.52. The second-order valence-electron chi connectivity index (χ2n) is 8.47. The molecule has 0 amide bonds. The molecule has 1 aliphatic carbocycles. The fraction of sp³-hybridized carbons (Fsp3) is 0.545. The van der Waals surface area contributed by atoms with E-state index in [9.17, 15) is 14.7 Å². The van der Waals surface area contributed by atoms with Gasteiger partial charge in [-0.15, -0.1) is 0 Å². The molecule has 4 N–H and O–H groups in total. The first kappa shape index (κ1) is 21.4. The number of aromatic carboxylic acids is 1. The van der Waals surface area contributed by atoms with Crippen LogP contribution in [-0.2, 0) is 0 Å². The number of nitrogen functional groups attached to an aromatic ring is 1. The Morgan fingerprint density at radius 3 is 2.71 bits per heavy atom. The molecule has 2 fully saturated rings. The quantitative estimate of drug-likeness (QED) is 0.617. The number of nitrogens with zero attached hydrogens (tertiary/aromatic N) is 2. The maximum atomic E-state index is 15.4. The monoisotopic (exact) mass is 432 g/mol. The minimum atomic E-state index is -1.41. The zero-order valence-electron chi connectivity index (χ0n) is 18.1. The number of pyridine rings is 1. The van der Waals surface area contributed by atoms with Crippen LogP contribution in [0.5, 0.6) is 5.75 Å². The first-order valence-electron chi connectivity index (χ1n) is 10.8. The van der Waals surface area contributed by atoms with Crippen LogP contribution in [0.15, 0.2) is 10.9 Å². The third-order valence-corrected chi connectivity index (χ3v) is 6.51. The SMILES string of the molecule is CCNC(C)C1CCN(c2c(F)cc3c(=O)c(C(=O)O)c(N)n(C4CC4)c3c2OC)C1. The van der Waals surface area contributed by atoms with Crippen molar-refractivity contribution >= 4 is 28.4 Å². The highest BCUT2D eigenvalue weighted by Gasteiger charge is 2.35. The molecule has 1 saturated carbocycles. The average Bonchev–Trinajstić information content (AvgIpc) is 3.43. The molecule has 1 saturated heterocycles. The number of anilines is 2. The van der Waals surface area contributed by atoms with Crippen molar-refractivity contribution in [3.05, 3.63) is 27.7 Å². The van der Waals surface area contributed by atoms with Gasteiger partial charge in [0.1, 0.15) is 17.1 Å². The summed E-state index contributed by atoms with van der Waals surface area (Å²) in [6, 6.07) is 1.40. The van der Waals surface area contributed by atoms with Gasteiger partial charge in [-0.3, -0.25) is 4.79 Å². The Kier molecular flexibility index (Phi) is 5.55. The highest BCUT2D eigenvalue weighted by Crippen LogP contribution is 2.46. The van der Waals surface area contributed by atoms with Gasteiger partial charge in [-0.1, -0.05) is 6.92 Å². The molecule has 8 nitrogen and oxygen atoms in total. The van der Waals surface area contributed by atoms with Crippen molar-refractivity contribution in [2.75, 3.05) is 37.4 Å². The number of nitrogens with two attached hydrogens (primary N) is 1. The first-order valence-corrected chi connectivity index (χ1v) is 10.8. The lowest BCUT2D eigenvalue weighted by atomic mass is 10.0. The number of nitrogens with one attached hydrogen (secondary N) is 1. The van der Waals surface area contributed by atoms with Crippen molar-refractivity contribution < 1.29 is 19.0 Å². The van der Waals surface area contributed by atoms with E-state index in [1.807, 2.05) is 4.90 Å². The molecule has 168 valence electrons. The summed E-state index contributed by atoms with van der Waals surface area (Å²) >= 11 is 0. The number of carbonyl (C=O) groups is 1. The Hall–Kier alpha value is -2.81. The van der Waals surface area contributed by atoms with Gasteiger partial charge in [-0.05, 0) is 44.7 Å². The summed E-state index contributed by atoms with van der Waals surface area (Å²) < 4.78 is 22.7. The number of halogens is 1. The Labute approximate surface area is 179 Å². The van der Waals surface area contributed by atoms with Gasteiger partial charge in [0.05, 0.1) is 18.0 Å². The summed E-state index contributed by atoms with van der Waals surface area (Å²) in [5.74, 6) is -1.53. The van der Waals surface area contributed by atoms with E-state index >= 15 is 4.39 Å². The van der Waals surface area contributed by atoms with Gasteiger partial charge in [0, 0.05) is 25.2 Å². The Balaban J connectivity index is 1.92. The van der Waals surface area contributed by atoms with Gasteiger partial charge in [0.15, 0.2) is 11.6 Å². The molecule has 2 aliphatic rings. The van der Waals surface area contributed by atoms with Crippen molar-refractivity contribution in [3.63, 3.8) is 0 Å². The second-order valence-corrected chi connectivity index (χ2v) is 8.47. The van der Waals surface area contributed by atoms with Gasteiger partial charge in [0.25, 0.3) is 0 Å². The molecule has 1 aliphatic heterocycles. The van der Waals surface area contributed by atoms with Crippen LogP contribution in [0, 0.1) is 11.7 Å². The Morgan fingerprint density at radius 2 is 2.13 bits per heavy atom. The molecule has 9 heteroatoms. The van der Waals surface area contributed by atoms with Crippen LogP contribution in [0.25, 0.3) is 10.9 Å². The maximum Gasteiger partial charge on any atom is 0.343 e. The minimum absolute atomic E-state index is 0.0200. The lowest BCUT2D eigenvalue weighted by molar-refractivity contribution is 0.0696. The van der Waals surface area contributed by atoms with Crippen molar-refractivity contribution in [1.82, 2.24) is 9.88 Å². The molecule has 1 aromatic carbocycles. The lowest BCUT2D eigenvalue weighted by Crippen LogP contribution is -2.35. The second kappa shape index (κ2) is 8.03. The molecule has 0 radical (unpaired) electrons. The van der Waals surface area contributed by atoms with E-state index in [0.29, 0.717) is 36.3 Å². The first-order chi connectivity index (χ1) is 14.8. The number of carboxylic acid groups (broad SMARTS) is 1. The number of benzene rings is 1. The molecule has 2 aromatic rings. The van der Waals surface area contributed by atoms with Crippen LogP contribution in [0.4, 0.5) is 15.9 Å². The molecule has 1 aromatic heterocycles. The van der Waals surface area contributed by atoms with Crippen LogP contribution >= 0.6 is 0 Å². The Bertz CT molecular complexity index is 1100. The van der Waals surface area contributed by atoms with E-state index in [2.05, 4.69) is 19.2 Å². The summed E-state index contributed by atoms with van der Waals surface area (Å²) in [6.45, 7) is 6.37. The van der Waals surface area contributed by atoms with Gasteiger partial charge in [-0.2, -0.15) is 0 Å². The number of carboxylic acids is 1. The molecule has 0 spiro atoms. The molecule has 0 bridgehead atoms. The van der Waals surface area contributed by atoms with E-state index < -0.39 is 22.8 Å². The predicted octanol–water partition coefficient (Wildman–Crippen LogP) is 2.59. The number of rotatable bonds is 7. The predicted molar refractivity (Wildman–Crippen MR) is 118 cm³/mol. The zero-order valence-corrected chi connectivity index (χ0v) is 18.1. The molecular formula is C22H29FN4O4. The number of fused-ring (bicyclic) bond motifs is 1. The number of hydrogen-bond acceptors (Lipinski definition) is 6. The van der Waals surface area contributed by atoms with Crippen molar-refractivity contribution in [2.45, 2.75) is 45.2 Å². The number of ether oxygens (including phenoxy) is 1. The fourth-order valence-electron chi connectivity index (χ4n) is 4.80. The van der Waals surface area contributed by atoms with Gasteiger partial charge >= 0.3 is 5.97 Å². The average molecular weight is 432 g/mol. The third-order valence-electron chi connectivity index (χ3n) is 6.51. The fourth-order valence-corrected chi connectivity index (χ4v) is 4.80. The smallest absolute Gasteiger partial charge is 0.343 e. The number of methoxy groups -OCH3 is 1. The van der Waals surface area contributed by atoms with Crippen LogP contribution in [-0.4, -0.2) is 48.4 Å². The number of hydrogen-bond donors (Lipinski definition) is 3. The molecule has 2 atom stereocenters. The highest BCUT2D eigenvalue weighted by molar-refractivity contribution is 6.01. The Morgan fingerprint density at radius 1 is 1.42 bits per heavy atom. The molecule has 4 rings (SSSR count). The van der Waals surface area contributed by atoms with Crippen molar-refractivity contribution in [2.24, 2.45) is 5.92 Å². The van der Waals surface area contributed by atoms with Gasteiger partial charge in [-0.25, -0.2) is 9.18 Å². The van der Waals surface area contributed by atoms with Crippen LogP contribution in [0.2, 0.25) is 0 Å². The third kappa shape index (κ3) is 3.50. The van der Waals surface area contributed by atoms with Crippen LogP contribution in [0.1, 0.15) is 49.5 Å². The molecular weight excluding hydrogens is 403 g/mol. The van der Waals surface area contributed by atoms with Gasteiger partial charge in [0.2, 0.25) is 5.43 Å². The normalized spacial score (nSPS) is 19.7. The standard InChI is InChI=1S/C22H29FN4O4/c1-4-25-11(2)12-7-8-26(10-12)18-15(23)9-14-17(20(18)31-3)27(13-5-6-13)21(24)16(19(14)28)22(29)30/h9,11-13,25H,4-8,10,24H2,1-3H3,(H,29,30). The van der Waals surface area contributed by atoms with Crippen LogP contribution < -0.4 is 26.1 Å². The summed E-state index contributed by atoms with van der Waals surface area (Å²) in [5, 5.41) is 13.0. The lowest BCUT2D eigenvalue weighted by Gasteiger charge is -2.26. The molecule has 2 unspecified atom stereocenters. The summed E-state index contributed by atoms with van der Waals surface area (Å²) in [5.41, 5.74) is 5.53. The van der Waals surface area contributed by atoms with Gasteiger partial charge < -0.3 is 30.4 Å². The van der Waals surface area contributed by atoms with Crippen LogP contribution in [0.3, 0.4) is 0 Å².